The number of sulfonamides is 1. The van der Waals surface area contributed by atoms with Gasteiger partial charge in [0.1, 0.15) is 4.21 Å². The molecule has 2 heterocycles. The SMILES string of the molecule is CN(C)[C@@H]1C[C@@H]2CN(S(=O)(=O)c3ccc(Cl)s3)C[C@@H]2C[C@H]1OCC1CC1. The van der Waals surface area contributed by atoms with Crippen LogP contribution in [0.15, 0.2) is 16.3 Å². The first-order valence-corrected chi connectivity index (χ1v) is 12.0. The maximum Gasteiger partial charge on any atom is 0.252 e. The highest BCUT2D eigenvalue weighted by molar-refractivity contribution is 7.91. The number of rotatable bonds is 6. The van der Waals surface area contributed by atoms with E-state index < -0.39 is 10.0 Å². The highest BCUT2D eigenvalue weighted by Gasteiger charge is 2.46. The maximum atomic E-state index is 12.9. The first-order chi connectivity index (χ1) is 12.3. The summed E-state index contributed by atoms with van der Waals surface area (Å²) in [7, 11) is 0.779. The zero-order valence-electron chi connectivity index (χ0n) is 15.3. The van der Waals surface area contributed by atoms with E-state index >= 15 is 0 Å². The average molecular weight is 419 g/mol. The lowest BCUT2D eigenvalue weighted by Gasteiger charge is -2.41. The van der Waals surface area contributed by atoms with Crippen molar-refractivity contribution >= 4 is 33.0 Å². The molecule has 8 heteroatoms. The van der Waals surface area contributed by atoms with E-state index in [0.29, 0.717) is 39.5 Å². The summed E-state index contributed by atoms with van der Waals surface area (Å²) in [5.41, 5.74) is 0. The molecule has 4 atom stereocenters. The Kier molecular flexibility index (Phi) is 5.40. The third kappa shape index (κ3) is 3.84. The Morgan fingerprint density at radius 1 is 1.23 bits per heavy atom. The molecule has 0 bridgehead atoms. The largest absolute Gasteiger partial charge is 0.376 e. The third-order valence-corrected chi connectivity index (χ3v) is 9.63. The van der Waals surface area contributed by atoms with Gasteiger partial charge in [-0.15, -0.1) is 11.3 Å². The lowest BCUT2D eigenvalue weighted by molar-refractivity contribution is -0.0493. The lowest BCUT2D eigenvalue weighted by Crippen LogP contribution is -2.48. The number of fused-ring (bicyclic) bond motifs is 1. The Hall–Kier alpha value is -0.180. The second-order valence-corrected chi connectivity index (χ2v) is 12.1. The van der Waals surface area contributed by atoms with Gasteiger partial charge in [-0.3, -0.25) is 0 Å². The van der Waals surface area contributed by atoms with Gasteiger partial charge >= 0.3 is 0 Å². The maximum absolute atomic E-state index is 12.9. The number of hydrogen-bond donors (Lipinski definition) is 0. The van der Waals surface area contributed by atoms with Gasteiger partial charge < -0.3 is 9.64 Å². The van der Waals surface area contributed by atoms with E-state index in [1.165, 1.54) is 12.8 Å². The zero-order chi connectivity index (χ0) is 18.5. The van der Waals surface area contributed by atoms with Gasteiger partial charge in [0.05, 0.1) is 10.4 Å². The third-order valence-electron chi connectivity index (χ3n) is 6.10. The van der Waals surface area contributed by atoms with Crippen molar-refractivity contribution in [1.29, 1.82) is 0 Å². The van der Waals surface area contributed by atoms with E-state index in [1.54, 1.807) is 16.4 Å². The van der Waals surface area contributed by atoms with Gasteiger partial charge in [0.15, 0.2) is 0 Å². The molecule has 3 aliphatic rings. The normalized spacial score (nSPS) is 32.9. The average Bonchev–Trinajstić information content (AvgIpc) is 3.14. The standard InChI is InChI=1S/C18H27ClN2O3S2/c1-20(2)15-7-13-9-21(26(22,23)18-6-5-17(19)25-18)10-14(13)8-16(15)24-11-12-3-4-12/h5-6,12-16H,3-4,7-11H2,1-2H3/t13-,14+,15-,16-/m1/s1. The van der Waals surface area contributed by atoms with Crippen LogP contribution < -0.4 is 0 Å². The second kappa shape index (κ2) is 7.33. The molecule has 0 N–H and O–H groups in total. The highest BCUT2D eigenvalue weighted by Crippen LogP contribution is 2.42. The molecule has 26 heavy (non-hydrogen) atoms. The van der Waals surface area contributed by atoms with Gasteiger partial charge in [-0.2, -0.15) is 4.31 Å². The van der Waals surface area contributed by atoms with Crippen molar-refractivity contribution in [2.75, 3.05) is 33.8 Å². The molecule has 0 amide bonds. The molecule has 1 aromatic rings. The molecule has 0 radical (unpaired) electrons. The molecular weight excluding hydrogens is 392 g/mol. The molecule has 0 spiro atoms. The summed E-state index contributed by atoms with van der Waals surface area (Å²) in [4.78, 5) is 2.25. The molecule has 1 aromatic heterocycles. The minimum Gasteiger partial charge on any atom is -0.376 e. The summed E-state index contributed by atoms with van der Waals surface area (Å²) in [6, 6.07) is 3.65. The minimum atomic E-state index is -3.43. The Morgan fingerprint density at radius 2 is 1.92 bits per heavy atom. The van der Waals surface area contributed by atoms with Gasteiger partial charge in [-0.1, -0.05) is 11.6 Å². The number of hydrogen-bond acceptors (Lipinski definition) is 5. The number of nitrogens with zero attached hydrogens (tertiary/aromatic N) is 2. The number of halogens is 1. The van der Waals surface area contributed by atoms with Crippen LogP contribution in [0.25, 0.3) is 0 Å². The molecule has 1 aliphatic heterocycles. The Morgan fingerprint density at radius 3 is 2.50 bits per heavy atom. The van der Waals surface area contributed by atoms with Crippen LogP contribution in [0.4, 0.5) is 0 Å². The zero-order valence-corrected chi connectivity index (χ0v) is 17.7. The number of thiophene rings is 1. The molecule has 5 nitrogen and oxygen atoms in total. The first-order valence-electron chi connectivity index (χ1n) is 9.38. The Bertz CT molecular complexity index is 747. The van der Waals surface area contributed by atoms with E-state index in [4.69, 9.17) is 16.3 Å². The Balaban J connectivity index is 1.47. The quantitative estimate of drug-likeness (QED) is 0.712. The first kappa shape index (κ1) is 19.2. The van der Waals surface area contributed by atoms with Crippen molar-refractivity contribution < 1.29 is 13.2 Å². The van der Waals surface area contributed by atoms with Gasteiger partial charge in [-0.05, 0) is 69.7 Å². The fourth-order valence-corrected chi connectivity index (χ4v) is 7.56. The molecular formula is C18H27ClN2O3S2. The van der Waals surface area contributed by atoms with Crippen molar-refractivity contribution in [1.82, 2.24) is 9.21 Å². The summed E-state index contributed by atoms with van der Waals surface area (Å²) in [5.74, 6) is 1.55. The summed E-state index contributed by atoms with van der Waals surface area (Å²) in [6.45, 7) is 2.08. The second-order valence-electron chi connectivity index (χ2n) is 8.22. The van der Waals surface area contributed by atoms with Gasteiger partial charge in [0.2, 0.25) is 0 Å². The Labute approximate surface area is 165 Å². The molecule has 0 aromatic carbocycles. The van der Waals surface area contributed by atoms with Gasteiger partial charge in [0.25, 0.3) is 10.0 Å². The summed E-state index contributed by atoms with van der Waals surface area (Å²) < 4.78 is 34.7. The summed E-state index contributed by atoms with van der Waals surface area (Å²) in [6.07, 6.45) is 4.76. The van der Waals surface area contributed by atoms with Crippen LogP contribution in [0.5, 0.6) is 0 Å². The van der Waals surface area contributed by atoms with Crippen LogP contribution in [0.3, 0.4) is 0 Å². The van der Waals surface area contributed by atoms with Crippen LogP contribution in [-0.2, 0) is 14.8 Å². The van der Waals surface area contributed by atoms with Crippen LogP contribution >= 0.6 is 22.9 Å². The van der Waals surface area contributed by atoms with E-state index in [1.807, 2.05) is 0 Å². The predicted octanol–water partition coefficient (Wildman–Crippen LogP) is 3.16. The van der Waals surface area contributed by atoms with E-state index in [0.717, 1.165) is 36.7 Å². The van der Waals surface area contributed by atoms with Crippen molar-refractivity contribution in [2.45, 2.75) is 42.0 Å². The van der Waals surface area contributed by atoms with Gasteiger partial charge in [0, 0.05) is 25.7 Å². The lowest BCUT2D eigenvalue weighted by atomic mass is 9.77. The van der Waals surface area contributed by atoms with Crippen LogP contribution in [-0.4, -0.2) is 63.6 Å². The molecule has 1 saturated heterocycles. The molecule has 146 valence electrons. The fourth-order valence-electron chi connectivity index (χ4n) is 4.37. The monoisotopic (exact) mass is 418 g/mol. The highest BCUT2D eigenvalue weighted by atomic mass is 35.5. The molecule has 2 saturated carbocycles. The summed E-state index contributed by atoms with van der Waals surface area (Å²) >= 11 is 7.09. The molecule has 3 fully saturated rings. The topological polar surface area (TPSA) is 49.9 Å². The number of likely N-dealkylation sites (N-methyl/N-ethyl adjacent to an activating group) is 1. The molecule has 4 rings (SSSR count). The van der Waals surface area contributed by atoms with Crippen molar-refractivity contribution in [3.63, 3.8) is 0 Å². The van der Waals surface area contributed by atoms with Gasteiger partial charge in [-0.25, -0.2) is 8.42 Å². The summed E-state index contributed by atoms with van der Waals surface area (Å²) in [5, 5.41) is 0. The fraction of sp³-hybridized carbons (Fsp3) is 0.778. The molecule has 0 unspecified atom stereocenters. The van der Waals surface area contributed by atoms with Crippen molar-refractivity contribution in [2.24, 2.45) is 17.8 Å². The van der Waals surface area contributed by atoms with E-state index in [2.05, 4.69) is 19.0 Å². The van der Waals surface area contributed by atoms with Crippen LogP contribution in [0.2, 0.25) is 4.34 Å². The number of ether oxygens (including phenoxy) is 1. The van der Waals surface area contributed by atoms with E-state index in [9.17, 15) is 8.42 Å². The van der Waals surface area contributed by atoms with E-state index in [-0.39, 0.29) is 6.10 Å². The van der Waals surface area contributed by atoms with Crippen molar-refractivity contribution in [3.8, 4) is 0 Å². The minimum absolute atomic E-state index is 0.214. The smallest absolute Gasteiger partial charge is 0.252 e. The van der Waals surface area contributed by atoms with Crippen LogP contribution in [0, 0.1) is 17.8 Å². The van der Waals surface area contributed by atoms with Crippen LogP contribution in [0.1, 0.15) is 25.7 Å². The predicted molar refractivity (Wildman–Crippen MR) is 104 cm³/mol. The molecule has 2 aliphatic carbocycles. The van der Waals surface area contributed by atoms with Crippen molar-refractivity contribution in [3.05, 3.63) is 16.5 Å².